The van der Waals surface area contributed by atoms with Crippen LogP contribution in [-0.2, 0) is 0 Å². The van der Waals surface area contributed by atoms with Crippen molar-refractivity contribution in [1.29, 1.82) is 0 Å². The molecule has 0 heterocycles. The topological polar surface area (TPSA) is 20.2 Å². The van der Waals surface area contributed by atoms with Crippen LogP contribution in [0.1, 0.15) is 6.92 Å². The smallest absolute Gasteiger partial charge is 0.0877 e. The van der Waals surface area contributed by atoms with Crippen LogP contribution in [-0.4, -0.2) is 23.6 Å². The van der Waals surface area contributed by atoms with E-state index in [-0.39, 0.29) is 5.85 Å². The van der Waals surface area contributed by atoms with Crippen LogP contribution in [0.3, 0.4) is 0 Å². The maximum Gasteiger partial charge on any atom is 0.0877 e. The lowest BCUT2D eigenvalue weighted by Crippen LogP contribution is -1.84. The lowest BCUT2D eigenvalue weighted by atomic mass is 10.9. The Kier molecular flexibility index (Phi) is 2.22. The van der Waals surface area contributed by atoms with E-state index < -0.39 is 7.17 Å². The first-order valence-electron chi connectivity index (χ1n) is 1.73. The predicted molar refractivity (Wildman–Crippen MR) is 32.8 cm³/mol. The van der Waals surface area contributed by atoms with Gasteiger partial charge in [0.25, 0.3) is 0 Å². The van der Waals surface area contributed by atoms with E-state index in [4.69, 9.17) is 5.11 Å². The second kappa shape index (κ2) is 2.22. The van der Waals surface area contributed by atoms with Gasteiger partial charge < -0.3 is 5.11 Å². The highest BCUT2D eigenvalue weighted by Gasteiger charge is 1.81. The Labute approximate surface area is 38.6 Å². The molecule has 6 heavy (non-hydrogen) atoms. The summed E-state index contributed by atoms with van der Waals surface area (Å²) in [7, 11) is -0.604. The van der Waals surface area contributed by atoms with Crippen LogP contribution < -0.4 is 0 Å². The lowest BCUT2D eigenvalue weighted by Gasteiger charge is -1.90. The van der Waals surface area contributed by atoms with Crippen molar-refractivity contribution in [2.75, 3.05) is 0 Å². The Balaban J connectivity index is 3.57. The Morgan fingerprint density at radius 2 is 1.83 bits per heavy atom. The minimum Gasteiger partial charge on any atom is -0.385 e. The molecule has 0 rings (SSSR count). The first-order chi connectivity index (χ1) is 2.64. The normalized spacial score (nSPS) is 13.7. The van der Waals surface area contributed by atoms with Crippen molar-refractivity contribution in [3.8, 4) is 0 Å². The maximum atomic E-state index is 8.53. The maximum absolute atomic E-state index is 8.53. The van der Waals surface area contributed by atoms with Crippen LogP contribution in [0.5, 0.6) is 0 Å². The molecule has 0 radical (unpaired) electrons. The van der Waals surface area contributed by atoms with Gasteiger partial charge in [0.15, 0.2) is 0 Å². The van der Waals surface area contributed by atoms with E-state index in [0.29, 0.717) is 0 Å². The number of aliphatic hydroxyl groups is 1. The molecule has 0 saturated carbocycles. The zero-order chi connectivity index (χ0) is 5.15. The molecule has 0 aromatic rings. The molecular weight excluding hydrogens is 95.0 g/mol. The van der Waals surface area contributed by atoms with Gasteiger partial charge in [-0.2, -0.15) is 0 Å². The van der Waals surface area contributed by atoms with Gasteiger partial charge >= 0.3 is 0 Å². The first kappa shape index (κ1) is 6.00. The van der Waals surface area contributed by atoms with Gasteiger partial charge in [-0.1, -0.05) is 12.6 Å². The quantitative estimate of drug-likeness (QED) is 0.485. The Morgan fingerprint density at radius 3 is 1.83 bits per heavy atom. The molecule has 0 bridgehead atoms. The molecule has 0 aliphatic heterocycles. The van der Waals surface area contributed by atoms with Gasteiger partial charge in [-0.05, 0) is 6.92 Å². The SMILES string of the molecule is C=P(=C)C(C)O. The zero-order valence-corrected chi connectivity index (χ0v) is 4.78. The molecule has 1 unspecified atom stereocenters. The van der Waals surface area contributed by atoms with Crippen LogP contribution >= 0.6 is 7.17 Å². The zero-order valence-electron chi connectivity index (χ0n) is 3.89. The number of aliphatic hydroxyl groups excluding tert-OH is 1. The summed E-state index contributed by atoms with van der Waals surface area (Å²) in [6, 6.07) is 0. The van der Waals surface area contributed by atoms with Crippen molar-refractivity contribution in [2.24, 2.45) is 0 Å². The standard InChI is InChI=1S/C4H9OP/c1-4(5)6(2)3/h4-5H,2-3H2,1H3. The summed E-state index contributed by atoms with van der Waals surface area (Å²) in [5.41, 5.74) is 0. The van der Waals surface area contributed by atoms with Crippen molar-refractivity contribution >= 4 is 19.8 Å². The number of hydrogen-bond donors (Lipinski definition) is 1. The van der Waals surface area contributed by atoms with Gasteiger partial charge in [-0.25, -0.2) is 0 Å². The molecule has 0 amide bonds. The van der Waals surface area contributed by atoms with E-state index in [0.717, 1.165) is 0 Å². The molecule has 0 spiro atoms. The van der Waals surface area contributed by atoms with Gasteiger partial charge in [-0.3, -0.25) is 0 Å². The summed E-state index contributed by atoms with van der Waals surface area (Å²) in [5, 5.41) is 8.53. The lowest BCUT2D eigenvalue weighted by molar-refractivity contribution is 0.282. The Bertz CT molecular complexity index is 83.7. The van der Waals surface area contributed by atoms with E-state index >= 15 is 0 Å². The summed E-state index contributed by atoms with van der Waals surface area (Å²) in [5.74, 6) is -0.306. The fraction of sp³-hybridized carbons (Fsp3) is 0.500. The summed E-state index contributed by atoms with van der Waals surface area (Å²) >= 11 is 0. The molecule has 1 nitrogen and oxygen atoms in total. The number of hydrogen-bond acceptors (Lipinski definition) is 1. The molecule has 0 saturated heterocycles. The predicted octanol–water partition coefficient (Wildman–Crippen LogP) is 0.671. The molecule has 1 atom stereocenters. The van der Waals surface area contributed by atoms with E-state index in [1.165, 1.54) is 0 Å². The van der Waals surface area contributed by atoms with Gasteiger partial charge in [0.05, 0.1) is 5.85 Å². The molecule has 0 fully saturated rings. The van der Waals surface area contributed by atoms with Gasteiger partial charge in [-0.15, -0.1) is 7.17 Å². The molecule has 0 aromatic heterocycles. The first-order valence-corrected chi connectivity index (χ1v) is 3.51. The van der Waals surface area contributed by atoms with E-state index in [1.54, 1.807) is 6.92 Å². The third-order valence-electron chi connectivity index (χ3n) is 0.528. The van der Waals surface area contributed by atoms with E-state index in [2.05, 4.69) is 12.6 Å². The highest BCUT2D eigenvalue weighted by molar-refractivity contribution is 7.54. The minimum atomic E-state index is -0.604. The van der Waals surface area contributed by atoms with E-state index in [9.17, 15) is 0 Å². The molecule has 0 aromatic carbocycles. The van der Waals surface area contributed by atoms with E-state index in [1.807, 2.05) is 0 Å². The minimum absolute atomic E-state index is 0.306. The molecule has 2 heteroatoms. The van der Waals surface area contributed by atoms with Gasteiger partial charge in [0, 0.05) is 0 Å². The van der Waals surface area contributed by atoms with Crippen molar-refractivity contribution < 1.29 is 5.11 Å². The summed E-state index contributed by atoms with van der Waals surface area (Å²) in [6.45, 7) is 1.70. The van der Waals surface area contributed by atoms with Crippen LogP contribution in [0.15, 0.2) is 0 Å². The molecule has 0 aliphatic rings. The fourth-order valence-electron chi connectivity index (χ4n) is 0. The average molecular weight is 104 g/mol. The van der Waals surface area contributed by atoms with Crippen LogP contribution in [0, 0.1) is 0 Å². The summed E-state index contributed by atoms with van der Waals surface area (Å²) in [4.78, 5) is 0. The molecule has 1 N–H and O–H groups in total. The summed E-state index contributed by atoms with van der Waals surface area (Å²) < 4.78 is 0. The summed E-state index contributed by atoms with van der Waals surface area (Å²) in [6.07, 6.45) is 7.08. The highest BCUT2D eigenvalue weighted by atomic mass is 31.1. The molecule has 0 aliphatic carbocycles. The highest BCUT2D eigenvalue weighted by Crippen LogP contribution is 2.06. The Morgan fingerprint density at radius 1 is 1.67 bits per heavy atom. The second-order valence-electron chi connectivity index (χ2n) is 1.22. The molecular formula is C4H9OP. The van der Waals surface area contributed by atoms with Crippen molar-refractivity contribution in [3.63, 3.8) is 0 Å². The second-order valence-corrected chi connectivity index (χ2v) is 3.15. The third kappa shape index (κ3) is 2.25. The monoisotopic (exact) mass is 104 g/mol. The van der Waals surface area contributed by atoms with Crippen LogP contribution in [0.2, 0.25) is 0 Å². The van der Waals surface area contributed by atoms with Gasteiger partial charge in [0.2, 0.25) is 0 Å². The van der Waals surface area contributed by atoms with Crippen LogP contribution in [0.25, 0.3) is 0 Å². The largest absolute Gasteiger partial charge is 0.385 e. The van der Waals surface area contributed by atoms with Crippen LogP contribution in [0.4, 0.5) is 0 Å². The molecule has 36 valence electrons. The van der Waals surface area contributed by atoms with Gasteiger partial charge in [0.1, 0.15) is 0 Å². The third-order valence-corrected chi connectivity index (χ3v) is 1.59. The average Bonchev–Trinajstić information content (AvgIpc) is 1.36. The Hall–Kier alpha value is -0.0000000000000000208. The number of rotatable bonds is 1. The fourth-order valence-corrected chi connectivity index (χ4v) is 0. The van der Waals surface area contributed by atoms with Crippen molar-refractivity contribution in [1.82, 2.24) is 0 Å². The van der Waals surface area contributed by atoms with Crippen molar-refractivity contribution in [3.05, 3.63) is 0 Å². The van der Waals surface area contributed by atoms with Crippen molar-refractivity contribution in [2.45, 2.75) is 12.8 Å².